The van der Waals surface area contributed by atoms with Crippen LogP contribution in [0.1, 0.15) is 31.0 Å². The first-order valence-electron chi connectivity index (χ1n) is 7.87. The fourth-order valence-corrected chi connectivity index (χ4v) is 3.41. The molecule has 4 rings (SSSR count). The largest absolute Gasteiger partial charge is 0.356 e. The van der Waals surface area contributed by atoms with Crippen LogP contribution in [0.15, 0.2) is 24.4 Å². The lowest BCUT2D eigenvalue weighted by molar-refractivity contribution is 0.658. The molecule has 4 heteroatoms. The summed E-state index contributed by atoms with van der Waals surface area (Å²) in [6, 6.07) is 5.92. The summed E-state index contributed by atoms with van der Waals surface area (Å²) in [6.45, 7) is 4.55. The summed E-state index contributed by atoms with van der Waals surface area (Å²) >= 11 is 0. The lowest BCUT2D eigenvalue weighted by Gasteiger charge is -2.21. The minimum absolute atomic E-state index is 0.760. The van der Waals surface area contributed by atoms with E-state index in [-0.39, 0.29) is 0 Å². The van der Waals surface area contributed by atoms with Gasteiger partial charge < -0.3 is 4.90 Å². The molecule has 3 heterocycles. The van der Waals surface area contributed by atoms with Crippen LogP contribution in [0.4, 0.5) is 5.82 Å². The maximum Gasteiger partial charge on any atom is 0.180 e. The molecule has 2 aliphatic rings. The van der Waals surface area contributed by atoms with Crippen molar-refractivity contribution >= 4 is 5.82 Å². The normalized spacial score (nSPS) is 20.8. The first kappa shape index (κ1) is 12.7. The van der Waals surface area contributed by atoms with Gasteiger partial charge in [-0.3, -0.25) is 4.98 Å². The van der Waals surface area contributed by atoms with Crippen molar-refractivity contribution in [3.63, 3.8) is 0 Å². The maximum absolute atomic E-state index is 4.88. The smallest absolute Gasteiger partial charge is 0.180 e. The van der Waals surface area contributed by atoms with E-state index in [2.05, 4.69) is 16.8 Å². The lowest BCUT2D eigenvalue weighted by atomic mass is 10.2. The monoisotopic (exact) mass is 280 g/mol. The summed E-state index contributed by atoms with van der Waals surface area (Å²) in [6.07, 6.45) is 6.47. The summed E-state index contributed by atoms with van der Waals surface area (Å²) in [5.74, 6) is 2.71. The molecule has 2 aromatic rings. The zero-order chi connectivity index (χ0) is 14.2. The Morgan fingerprint density at radius 3 is 2.90 bits per heavy atom. The molecule has 0 aromatic carbocycles. The highest BCUT2D eigenvalue weighted by Gasteiger charge is 2.27. The first-order chi connectivity index (χ1) is 10.3. The lowest BCUT2D eigenvalue weighted by Crippen LogP contribution is -2.22. The van der Waals surface area contributed by atoms with Gasteiger partial charge in [-0.15, -0.1) is 0 Å². The second-order valence-electron chi connectivity index (χ2n) is 6.20. The van der Waals surface area contributed by atoms with E-state index in [1.54, 1.807) is 0 Å². The molecule has 1 saturated heterocycles. The van der Waals surface area contributed by atoms with Gasteiger partial charge in [0.15, 0.2) is 5.82 Å². The Balaban J connectivity index is 1.80. The van der Waals surface area contributed by atoms with E-state index < -0.39 is 0 Å². The molecule has 0 amide bonds. The zero-order valence-corrected chi connectivity index (χ0v) is 12.4. The number of rotatable bonds is 2. The van der Waals surface area contributed by atoms with Gasteiger partial charge in [-0.25, -0.2) is 9.97 Å². The Hall–Kier alpha value is -1.97. The minimum atomic E-state index is 0.760. The van der Waals surface area contributed by atoms with Crippen molar-refractivity contribution in [1.82, 2.24) is 15.0 Å². The quantitative estimate of drug-likeness (QED) is 0.848. The number of anilines is 1. The summed E-state index contributed by atoms with van der Waals surface area (Å²) in [4.78, 5) is 16.5. The summed E-state index contributed by atoms with van der Waals surface area (Å²) in [5.41, 5.74) is 3.49. The fourth-order valence-electron chi connectivity index (χ4n) is 3.41. The molecule has 1 atom stereocenters. The van der Waals surface area contributed by atoms with Gasteiger partial charge in [-0.1, -0.05) is 13.0 Å². The molecule has 2 aromatic heterocycles. The highest BCUT2D eigenvalue weighted by Crippen LogP contribution is 2.33. The van der Waals surface area contributed by atoms with E-state index in [0.29, 0.717) is 0 Å². The molecular formula is C17H20N4. The molecule has 4 nitrogen and oxygen atoms in total. The van der Waals surface area contributed by atoms with Crippen LogP contribution in [0.2, 0.25) is 0 Å². The molecule has 0 saturated carbocycles. The van der Waals surface area contributed by atoms with Crippen LogP contribution in [-0.2, 0) is 12.8 Å². The summed E-state index contributed by atoms with van der Waals surface area (Å²) in [5, 5.41) is 0. The van der Waals surface area contributed by atoms with E-state index >= 15 is 0 Å². The van der Waals surface area contributed by atoms with Crippen molar-refractivity contribution in [2.45, 2.75) is 32.6 Å². The average molecular weight is 280 g/mol. The van der Waals surface area contributed by atoms with Gasteiger partial charge in [0, 0.05) is 30.5 Å². The second-order valence-corrected chi connectivity index (χ2v) is 6.20. The Bertz CT molecular complexity index is 653. The Labute approximate surface area is 125 Å². The van der Waals surface area contributed by atoms with Crippen LogP contribution < -0.4 is 4.90 Å². The second kappa shape index (κ2) is 5.10. The van der Waals surface area contributed by atoms with Crippen LogP contribution in [-0.4, -0.2) is 28.0 Å². The molecule has 21 heavy (non-hydrogen) atoms. The van der Waals surface area contributed by atoms with E-state index in [4.69, 9.17) is 9.97 Å². The topological polar surface area (TPSA) is 41.9 Å². The van der Waals surface area contributed by atoms with Gasteiger partial charge in [0.2, 0.25) is 0 Å². The van der Waals surface area contributed by atoms with Crippen molar-refractivity contribution in [2.75, 3.05) is 18.0 Å². The molecule has 1 unspecified atom stereocenters. The third-order valence-corrected chi connectivity index (χ3v) is 4.53. The van der Waals surface area contributed by atoms with Gasteiger partial charge in [-0.05, 0) is 43.7 Å². The van der Waals surface area contributed by atoms with E-state index in [9.17, 15) is 0 Å². The molecule has 1 fully saturated rings. The highest BCUT2D eigenvalue weighted by atomic mass is 15.2. The molecular weight excluding hydrogens is 260 g/mol. The third-order valence-electron chi connectivity index (χ3n) is 4.53. The van der Waals surface area contributed by atoms with Crippen molar-refractivity contribution in [3.05, 3.63) is 35.7 Å². The number of fused-ring (bicyclic) bond motifs is 1. The van der Waals surface area contributed by atoms with Gasteiger partial charge in [0.1, 0.15) is 11.5 Å². The minimum Gasteiger partial charge on any atom is -0.356 e. The van der Waals surface area contributed by atoms with Crippen molar-refractivity contribution < 1.29 is 0 Å². The third kappa shape index (κ3) is 2.28. The van der Waals surface area contributed by atoms with Gasteiger partial charge in [0.05, 0.1) is 0 Å². The highest BCUT2D eigenvalue weighted by molar-refractivity contribution is 5.59. The number of nitrogens with zero attached hydrogens (tertiary/aromatic N) is 4. The van der Waals surface area contributed by atoms with Crippen molar-refractivity contribution in [3.8, 4) is 11.5 Å². The number of pyridine rings is 1. The van der Waals surface area contributed by atoms with E-state index in [1.165, 1.54) is 29.9 Å². The number of hydrogen-bond acceptors (Lipinski definition) is 4. The van der Waals surface area contributed by atoms with Crippen LogP contribution in [0.25, 0.3) is 11.5 Å². The van der Waals surface area contributed by atoms with Crippen molar-refractivity contribution in [2.24, 2.45) is 5.92 Å². The average Bonchev–Trinajstić information content (AvgIpc) is 3.15. The fraction of sp³-hybridized carbons (Fsp3) is 0.471. The Kier molecular flexibility index (Phi) is 3.09. The van der Waals surface area contributed by atoms with Crippen LogP contribution in [0.5, 0.6) is 0 Å². The predicted octanol–water partition coefficient (Wildman–Crippen LogP) is 2.87. The SMILES string of the molecule is CC1CCN(c2nc(-c3ccccn3)nc3c2CCC3)C1. The zero-order valence-electron chi connectivity index (χ0n) is 12.4. The number of aromatic nitrogens is 3. The van der Waals surface area contributed by atoms with Crippen molar-refractivity contribution in [1.29, 1.82) is 0 Å². The molecule has 108 valence electrons. The predicted molar refractivity (Wildman–Crippen MR) is 83.3 cm³/mol. The van der Waals surface area contributed by atoms with E-state index in [1.807, 2.05) is 24.4 Å². The number of aryl methyl sites for hydroxylation is 1. The summed E-state index contributed by atoms with van der Waals surface area (Å²) < 4.78 is 0. The first-order valence-corrected chi connectivity index (χ1v) is 7.87. The molecule has 0 radical (unpaired) electrons. The van der Waals surface area contributed by atoms with Gasteiger partial charge in [-0.2, -0.15) is 0 Å². The van der Waals surface area contributed by atoms with Crippen LogP contribution in [0.3, 0.4) is 0 Å². The standard InChI is InChI=1S/C17H20N4/c1-12-8-10-21(11-12)17-13-5-4-7-14(13)19-16(20-17)15-6-2-3-9-18-15/h2-3,6,9,12H,4-5,7-8,10-11H2,1H3. The molecule has 0 bridgehead atoms. The maximum atomic E-state index is 4.88. The van der Waals surface area contributed by atoms with E-state index in [0.717, 1.165) is 43.4 Å². The Morgan fingerprint density at radius 1 is 1.19 bits per heavy atom. The molecule has 1 aliphatic heterocycles. The molecule has 1 aliphatic carbocycles. The van der Waals surface area contributed by atoms with Gasteiger partial charge >= 0.3 is 0 Å². The Morgan fingerprint density at radius 2 is 2.14 bits per heavy atom. The number of hydrogen-bond donors (Lipinski definition) is 0. The summed E-state index contributed by atoms with van der Waals surface area (Å²) in [7, 11) is 0. The van der Waals surface area contributed by atoms with Gasteiger partial charge in [0.25, 0.3) is 0 Å². The molecule has 0 N–H and O–H groups in total. The van der Waals surface area contributed by atoms with Crippen LogP contribution >= 0.6 is 0 Å². The molecule has 0 spiro atoms. The van der Waals surface area contributed by atoms with Crippen LogP contribution in [0, 0.1) is 5.92 Å².